The van der Waals surface area contributed by atoms with Gasteiger partial charge < -0.3 is 4.74 Å². The number of hydrazone groups is 1. The van der Waals surface area contributed by atoms with E-state index in [1.54, 1.807) is 27.7 Å². The van der Waals surface area contributed by atoms with Gasteiger partial charge in [-0.05, 0) is 55.8 Å². The van der Waals surface area contributed by atoms with Crippen LogP contribution in [0.5, 0.6) is 0 Å². The lowest BCUT2D eigenvalue weighted by molar-refractivity contribution is 0.0529. The summed E-state index contributed by atoms with van der Waals surface area (Å²) >= 11 is 0. The largest absolute Gasteiger partial charge is 0.443 e. The van der Waals surface area contributed by atoms with Crippen LogP contribution in [0.2, 0.25) is 0 Å². The third-order valence-corrected chi connectivity index (χ3v) is 2.59. The first-order valence-corrected chi connectivity index (χ1v) is 6.72. The first-order valence-electron chi connectivity index (χ1n) is 6.72. The maximum absolute atomic E-state index is 11.6. The average molecular weight is 302 g/mol. The van der Waals surface area contributed by atoms with Crippen LogP contribution in [0.1, 0.15) is 33.3 Å². The van der Waals surface area contributed by atoms with Crippen molar-refractivity contribution in [1.29, 1.82) is 0 Å². The summed E-state index contributed by atoms with van der Waals surface area (Å²) in [5.74, 6) is 0. The number of hydrogen-bond acceptors (Lipinski definition) is 6. The molecule has 22 heavy (non-hydrogen) atoms. The minimum atomic E-state index is -0.594. The molecule has 0 bridgehead atoms. The summed E-state index contributed by atoms with van der Waals surface area (Å²) in [6.07, 6.45) is 0.911. The quantitative estimate of drug-likeness (QED) is 0.690. The summed E-state index contributed by atoms with van der Waals surface area (Å²) in [5, 5.41) is 15.1. The normalized spacial score (nSPS) is 12.1. The van der Waals surface area contributed by atoms with Crippen molar-refractivity contribution in [1.82, 2.24) is 25.6 Å². The summed E-state index contributed by atoms with van der Waals surface area (Å²) in [6, 6.07) is 7.47. The Morgan fingerprint density at radius 1 is 1.36 bits per heavy atom. The second-order valence-corrected chi connectivity index (χ2v) is 5.62. The molecule has 0 unspecified atom stereocenters. The van der Waals surface area contributed by atoms with E-state index in [9.17, 15) is 4.79 Å². The molecule has 0 atom stereocenters. The molecular weight excluding hydrogens is 284 g/mol. The maximum Gasteiger partial charge on any atom is 0.428 e. The molecule has 0 fully saturated rings. The number of carbonyl (C=O) groups is 1. The lowest BCUT2D eigenvalue weighted by Gasteiger charge is -2.18. The lowest BCUT2D eigenvalue weighted by Crippen LogP contribution is -2.30. The molecule has 1 heterocycles. The fraction of sp³-hybridized carbons (Fsp3) is 0.357. The Hall–Kier alpha value is -2.77. The molecule has 1 N–H and O–H groups in total. The molecule has 1 aromatic heterocycles. The summed E-state index contributed by atoms with van der Waals surface area (Å²) < 4.78 is 6.66. The van der Waals surface area contributed by atoms with Gasteiger partial charge in [0.2, 0.25) is 0 Å². The SMILES string of the molecule is C/C(=N/NC(=O)OC(C)(C)C)c1cccc(-n2cnnn2)c1. The van der Waals surface area contributed by atoms with Crippen molar-refractivity contribution in [2.75, 3.05) is 0 Å². The third-order valence-electron chi connectivity index (χ3n) is 2.59. The van der Waals surface area contributed by atoms with Gasteiger partial charge in [0.25, 0.3) is 0 Å². The zero-order valence-corrected chi connectivity index (χ0v) is 12.9. The average Bonchev–Trinajstić information content (AvgIpc) is 2.97. The van der Waals surface area contributed by atoms with Crippen LogP contribution in [0.25, 0.3) is 5.69 Å². The topological polar surface area (TPSA) is 94.3 Å². The predicted molar refractivity (Wildman–Crippen MR) is 80.7 cm³/mol. The lowest BCUT2D eigenvalue weighted by atomic mass is 10.1. The van der Waals surface area contributed by atoms with Crippen LogP contribution in [0.4, 0.5) is 4.79 Å². The molecule has 1 amide bonds. The molecule has 8 nitrogen and oxygen atoms in total. The van der Waals surface area contributed by atoms with Gasteiger partial charge in [-0.15, -0.1) is 5.10 Å². The van der Waals surface area contributed by atoms with Crippen LogP contribution in [-0.4, -0.2) is 37.6 Å². The maximum atomic E-state index is 11.6. The molecule has 0 aliphatic rings. The zero-order chi connectivity index (χ0) is 16.2. The van der Waals surface area contributed by atoms with Gasteiger partial charge >= 0.3 is 6.09 Å². The van der Waals surface area contributed by atoms with Crippen LogP contribution in [0, 0.1) is 0 Å². The molecule has 0 spiro atoms. The van der Waals surface area contributed by atoms with Gasteiger partial charge in [0.1, 0.15) is 11.9 Å². The highest BCUT2D eigenvalue weighted by molar-refractivity contribution is 5.99. The minimum Gasteiger partial charge on any atom is -0.443 e. The highest BCUT2D eigenvalue weighted by atomic mass is 16.6. The Labute approximate surface area is 128 Å². The summed E-state index contributed by atoms with van der Waals surface area (Å²) in [6.45, 7) is 7.16. The molecule has 0 aliphatic heterocycles. The molecular formula is C14H18N6O2. The van der Waals surface area contributed by atoms with Crippen molar-refractivity contribution in [3.8, 4) is 5.69 Å². The number of rotatable bonds is 3. The first kappa shape index (κ1) is 15.6. The fourth-order valence-corrected chi connectivity index (χ4v) is 1.65. The van der Waals surface area contributed by atoms with Gasteiger partial charge in [0, 0.05) is 0 Å². The van der Waals surface area contributed by atoms with E-state index in [2.05, 4.69) is 26.1 Å². The highest BCUT2D eigenvalue weighted by Gasteiger charge is 2.15. The van der Waals surface area contributed by atoms with Gasteiger partial charge in [0.15, 0.2) is 0 Å². The number of aromatic nitrogens is 4. The zero-order valence-electron chi connectivity index (χ0n) is 12.9. The molecule has 2 aromatic rings. The van der Waals surface area contributed by atoms with Crippen molar-refractivity contribution >= 4 is 11.8 Å². The van der Waals surface area contributed by atoms with Gasteiger partial charge in [-0.2, -0.15) is 5.10 Å². The van der Waals surface area contributed by atoms with Crippen LogP contribution in [0.3, 0.4) is 0 Å². The van der Waals surface area contributed by atoms with Crippen molar-refractivity contribution in [2.24, 2.45) is 5.10 Å². The molecule has 0 saturated heterocycles. The van der Waals surface area contributed by atoms with Crippen molar-refractivity contribution in [3.63, 3.8) is 0 Å². The Morgan fingerprint density at radius 2 is 2.14 bits per heavy atom. The van der Waals surface area contributed by atoms with Gasteiger partial charge in [0.05, 0.1) is 11.4 Å². The fourth-order valence-electron chi connectivity index (χ4n) is 1.65. The van der Waals surface area contributed by atoms with Crippen LogP contribution in [0.15, 0.2) is 35.7 Å². The number of nitrogens with one attached hydrogen (secondary N) is 1. The van der Waals surface area contributed by atoms with E-state index in [-0.39, 0.29) is 0 Å². The number of tetrazole rings is 1. The monoisotopic (exact) mass is 302 g/mol. The van der Waals surface area contributed by atoms with E-state index in [1.165, 1.54) is 11.0 Å². The minimum absolute atomic E-state index is 0.562. The molecule has 0 aliphatic carbocycles. The van der Waals surface area contributed by atoms with Gasteiger partial charge in [-0.25, -0.2) is 14.9 Å². The van der Waals surface area contributed by atoms with Crippen molar-refractivity contribution in [2.45, 2.75) is 33.3 Å². The highest BCUT2D eigenvalue weighted by Crippen LogP contribution is 2.10. The standard InChI is InChI=1S/C14H18N6O2/c1-10(16-17-13(21)22-14(2,3)4)11-6-5-7-12(8-11)20-9-15-18-19-20/h5-9H,1-4H3,(H,17,21)/b16-10-. The van der Waals surface area contributed by atoms with Crippen molar-refractivity contribution < 1.29 is 9.53 Å². The Balaban J connectivity index is 2.09. The van der Waals surface area contributed by atoms with E-state index < -0.39 is 11.7 Å². The smallest absolute Gasteiger partial charge is 0.428 e. The molecule has 116 valence electrons. The van der Waals surface area contributed by atoms with E-state index in [1.807, 2.05) is 24.3 Å². The molecule has 1 aromatic carbocycles. The van der Waals surface area contributed by atoms with Crippen LogP contribution < -0.4 is 5.43 Å². The van der Waals surface area contributed by atoms with Gasteiger partial charge in [-0.3, -0.25) is 0 Å². The Morgan fingerprint density at radius 3 is 2.77 bits per heavy atom. The number of ether oxygens (including phenoxy) is 1. The Kier molecular flexibility index (Phi) is 4.50. The van der Waals surface area contributed by atoms with E-state index in [4.69, 9.17) is 4.74 Å². The first-order chi connectivity index (χ1) is 10.3. The van der Waals surface area contributed by atoms with Crippen molar-refractivity contribution in [3.05, 3.63) is 36.2 Å². The predicted octanol–water partition coefficient (Wildman–Crippen LogP) is 1.91. The number of hydrogen-bond donors (Lipinski definition) is 1. The van der Waals surface area contributed by atoms with Gasteiger partial charge in [-0.1, -0.05) is 12.1 Å². The number of carbonyl (C=O) groups excluding carboxylic acids is 1. The summed E-state index contributed by atoms with van der Waals surface area (Å²) in [7, 11) is 0. The second kappa shape index (κ2) is 6.33. The van der Waals surface area contributed by atoms with E-state index in [0.717, 1.165) is 11.3 Å². The molecule has 0 radical (unpaired) electrons. The van der Waals surface area contributed by atoms with E-state index >= 15 is 0 Å². The summed E-state index contributed by atoms with van der Waals surface area (Å²) in [4.78, 5) is 11.6. The number of amides is 1. The molecule has 8 heteroatoms. The second-order valence-electron chi connectivity index (χ2n) is 5.62. The van der Waals surface area contributed by atoms with Crippen LogP contribution in [-0.2, 0) is 4.74 Å². The Bertz CT molecular complexity index is 673. The molecule has 0 saturated carbocycles. The summed E-state index contributed by atoms with van der Waals surface area (Å²) in [5.41, 5.74) is 4.09. The number of nitrogens with zero attached hydrogens (tertiary/aromatic N) is 5. The molecule has 2 rings (SSSR count). The third kappa shape index (κ3) is 4.37. The number of benzene rings is 1. The van der Waals surface area contributed by atoms with E-state index in [0.29, 0.717) is 5.71 Å². The van der Waals surface area contributed by atoms with Crippen LogP contribution >= 0.6 is 0 Å².